The Kier molecular flexibility index (Phi) is 10.7. The highest BCUT2D eigenvalue weighted by Crippen LogP contribution is 2.27. The molecule has 1 atom stereocenters. The summed E-state index contributed by atoms with van der Waals surface area (Å²) in [5.74, 6) is -0.457. The van der Waals surface area contributed by atoms with Gasteiger partial charge in [-0.3, -0.25) is 13.9 Å². The standard InChI is InChI=1S/C33H43N3O4S/c1-8-31(33(38)34-24(4)5)35(21-27-11-9-10-26(7)20-27)32(37)22-36(29-16-14-28(15-17-29)23(2)3)41(39,40)30-18-12-25(6)13-19-30/h9-20,23-24,31H,8,21-22H2,1-7H3,(H,34,38)/t31-/m1/s1. The van der Waals surface area contributed by atoms with Crippen molar-refractivity contribution in [3.8, 4) is 0 Å². The van der Waals surface area contributed by atoms with Gasteiger partial charge >= 0.3 is 0 Å². The summed E-state index contributed by atoms with van der Waals surface area (Å²) in [5, 5.41) is 2.92. The smallest absolute Gasteiger partial charge is 0.264 e. The number of carbonyl (C=O) groups is 2. The molecule has 0 fully saturated rings. The maximum Gasteiger partial charge on any atom is 0.264 e. The van der Waals surface area contributed by atoms with Gasteiger partial charge in [-0.1, -0.05) is 80.4 Å². The number of sulfonamides is 1. The molecule has 0 aromatic heterocycles. The molecule has 0 saturated heterocycles. The van der Waals surface area contributed by atoms with Gasteiger partial charge in [0.1, 0.15) is 12.6 Å². The molecule has 2 amide bonds. The number of hydrogen-bond acceptors (Lipinski definition) is 4. The van der Waals surface area contributed by atoms with Crippen LogP contribution in [0.1, 0.15) is 69.2 Å². The van der Waals surface area contributed by atoms with Crippen molar-refractivity contribution in [2.75, 3.05) is 10.8 Å². The Hall–Kier alpha value is -3.65. The van der Waals surface area contributed by atoms with Gasteiger partial charge in [0, 0.05) is 12.6 Å². The molecule has 0 spiro atoms. The van der Waals surface area contributed by atoms with E-state index in [0.29, 0.717) is 12.1 Å². The Balaban J connectivity index is 2.08. The summed E-state index contributed by atoms with van der Waals surface area (Å²) in [6.45, 7) is 13.3. The van der Waals surface area contributed by atoms with Crippen LogP contribution in [0.3, 0.4) is 0 Å². The number of rotatable bonds is 12. The topological polar surface area (TPSA) is 86.8 Å². The zero-order chi connectivity index (χ0) is 30.3. The lowest BCUT2D eigenvalue weighted by Gasteiger charge is -2.33. The minimum atomic E-state index is -4.10. The predicted molar refractivity (Wildman–Crippen MR) is 165 cm³/mol. The molecule has 0 saturated carbocycles. The van der Waals surface area contributed by atoms with Crippen molar-refractivity contribution in [2.45, 2.75) is 84.3 Å². The van der Waals surface area contributed by atoms with Crippen molar-refractivity contribution in [3.05, 3.63) is 95.1 Å². The average Bonchev–Trinajstić information content (AvgIpc) is 2.91. The monoisotopic (exact) mass is 577 g/mol. The van der Waals surface area contributed by atoms with E-state index in [1.807, 2.05) is 71.0 Å². The third-order valence-corrected chi connectivity index (χ3v) is 8.78. The molecule has 8 heteroatoms. The van der Waals surface area contributed by atoms with Gasteiger partial charge in [0.25, 0.3) is 10.0 Å². The lowest BCUT2D eigenvalue weighted by atomic mass is 10.0. The van der Waals surface area contributed by atoms with Crippen LogP contribution in [0, 0.1) is 13.8 Å². The predicted octanol–water partition coefficient (Wildman–Crippen LogP) is 5.95. The number of benzene rings is 3. The number of nitrogens with one attached hydrogen (secondary N) is 1. The second-order valence-electron chi connectivity index (χ2n) is 11.2. The van der Waals surface area contributed by atoms with Gasteiger partial charge in [-0.15, -0.1) is 0 Å². The van der Waals surface area contributed by atoms with Crippen LogP contribution < -0.4 is 9.62 Å². The van der Waals surface area contributed by atoms with Crippen LogP contribution in [0.2, 0.25) is 0 Å². The van der Waals surface area contributed by atoms with E-state index in [2.05, 4.69) is 19.2 Å². The fourth-order valence-corrected chi connectivity index (χ4v) is 6.11. The van der Waals surface area contributed by atoms with Gasteiger partial charge in [-0.25, -0.2) is 8.42 Å². The minimum absolute atomic E-state index is 0.0960. The summed E-state index contributed by atoms with van der Waals surface area (Å²) in [6.07, 6.45) is 0.379. The first kappa shape index (κ1) is 31.9. The molecule has 7 nitrogen and oxygen atoms in total. The lowest BCUT2D eigenvalue weighted by molar-refractivity contribution is -0.140. The molecule has 0 bridgehead atoms. The van der Waals surface area contributed by atoms with E-state index in [0.717, 1.165) is 26.6 Å². The van der Waals surface area contributed by atoms with Gasteiger partial charge in [0.05, 0.1) is 10.6 Å². The molecule has 0 aliphatic rings. The van der Waals surface area contributed by atoms with Crippen LogP contribution in [-0.2, 0) is 26.2 Å². The van der Waals surface area contributed by atoms with Gasteiger partial charge in [0.2, 0.25) is 11.8 Å². The fourth-order valence-electron chi connectivity index (χ4n) is 4.70. The highest BCUT2D eigenvalue weighted by Gasteiger charge is 2.34. The zero-order valence-corrected chi connectivity index (χ0v) is 26.0. The Bertz CT molecular complexity index is 1430. The molecule has 3 aromatic rings. The Morgan fingerprint density at radius 3 is 2.02 bits per heavy atom. The molecule has 0 aliphatic heterocycles. The molecule has 1 N–H and O–H groups in total. The van der Waals surface area contributed by atoms with E-state index in [-0.39, 0.29) is 29.3 Å². The summed E-state index contributed by atoms with van der Waals surface area (Å²) in [7, 11) is -4.10. The Labute approximate surface area is 245 Å². The number of amides is 2. The summed E-state index contributed by atoms with van der Waals surface area (Å²) in [4.78, 5) is 29.0. The van der Waals surface area contributed by atoms with Crippen molar-refractivity contribution >= 4 is 27.5 Å². The van der Waals surface area contributed by atoms with Crippen LogP contribution in [-0.4, -0.2) is 43.8 Å². The first-order valence-corrected chi connectivity index (χ1v) is 15.6. The summed E-state index contributed by atoms with van der Waals surface area (Å²) < 4.78 is 29.2. The van der Waals surface area contributed by atoms with Crippen molar-refractivity contribution in [1.82, 2.24) is 10.2 Å². The number of hydrogen-bond donors (Lipinski definition) is 1. The molecule has 0 radical (unpaired) electrons. The van der Waals surface area contributed by atoms with Crippen LogP contribution >= 0.6 is 0 Å². The Morgan fingerprint density at radius 1 is 0.854 bits per heavy atom. The first-order valence-electron chi connectivity index (χ1n) is 14.2. The highest BCUT2D eigenvalue weighted by molar-refractivity contribution is 7.92. The third-order valence-electron chi connectivity index (χ3n) is 6.99. The molecule has 3 aromatic carbocycles. The van der Waals surface area contributed by atoms with E-state index in [1.165, 1.54) is 4.90 Å². The summed E-state index contributed by atoms with van der Waals surface area (Å²) in [5.41, 5.74) is 4.27. The lowest BCUT2D eigenvalue weighted by Crippen LogP contribution is -2.53. The zero-order valence-electron chi connectivity index (χ0n) is 25.2. The van der Waals surface area contributed by atoms with E-state index in [1.54, 1.807) is 36.4 Å². The maximum atomic E-state index is 14.2. The molecule has 0 heterocycles. The van der Waals surface area contributed by atoms with E-state index < -0.39 is 28.5 Å². The molecule has 41 heavy (non-hydrogen) atoms. The quantitative estimate of drug-likeness (QED) is 0.288. The van der Waals surface area contributed by atoms with E-state index >= 15 is 0 Å². The normalized spacial score (nSPS) is 12.3. The molecular weight excluding hydrogens is 534 g/mol. The van der Waals surface area contributed by atoms with Crippen molar-refractivity contribution in [3.63, 3.8) is 0 Å². The summed E-state index contributed by atoms with van der Waals surface area (Å²) >= 11 is 0. The minimum Gasteiger partial charge on any atom is -0.352 e. The van der Waals surface area contributed by atoms with Crippen LogP contribution in [0.25, 0.3) is 0 Å². The van der Waals surface area contributed by atoms with Crippen molar-refractivity contribution in [1.29, 1.82) is 0 Å². The molecule has 220 valence electrons. The number of aryl methyl sites for hydroxylation is 2. The van der Waals surface area contributed by atoms with Gasteiger partial charge in [-0.05, 0) is 75.4 Å². The highest BCUT2D eigenvalue weighted by atomic mass is 32.2. The fraction of sp³-hybridized carbons (Fsp3) is 0.394. The first-order chi connectivity index (χ1) is 19.3. The van der Waals surface area contributed by atoms with E-state index in [4.69, 9.17) is 0 Å². The van der Waals surface area contributed by atoms with Gasteiger partial charge in [-0.2, -0.15) is 0 Å². The van der Waals surface area contributed by atoms with Crippen LogP contribution in [0.15, 0.2) is 77.7 Å². The number of anilines is 1. The van der Waals surface area contributed by atoms with E-state index in [9.17, 15) is 18.0 Å². The molecule has 0 aliphatic carbocycles. The van der Waals surface area contributed by atoms with Crippen molar-refractivity contribution in [2.24, 2.45) is 0 Å². The van der Waals surface area contributed by atoms with Crippen LogP contribution in [0.5, 0.6) is 0 Å². The molecular formula is C33H43N3O4S. The molecule has 0 unspecified atom stereocenters. The Morgan fingerprint density at radius 2 is 1.49 bits per heavy atom. The second kappa shape index (κ2) is 13.8. The van der Waals surface area contributed by atoms with Gasteiger partial charge in [0.15, 0.2) is 0 Å². The average molecular weight is 578 g/mol. The maximum absolute atomic E-state index is 14.2. The van der Waals surface area contributed by atoms with Crippen molar-refractivity contribution < 1.29 is 18.0 Å². The number of nitrogens with zero attached hydrogens (tertiary/aromatic N) is 2. The summed E-state index contributed by atoms with van der Waals surface area (Å²) in [6, 6.07) is 20.7. The third kappa shape index (κ3) is 8.19. The SMILES string of the molecule is CC[C@H](C(=O)NC(C)C)N(Cc1cccc(C)c1)C(=O)CN(c1ccc(C(C)C)cc1)S(=O)(=O)c1ccc(C)cc1. The largest absolute Gasteiger partial charge is 0.352 e. The van der Waals surface area contributed by atoms with Crippen LogP contribution in [0.4, 0.5) is 5.69 Å². The van der Waals surface area contributed by atoms with Gasteiger partial charge < -0.3 is 10.2 Å². The second-order valence-corrected chi connectivity index (χ2v) is 13.0. The number of carbonyl (C=O) groups excluding carboxylic acids is 2. The molecule has 3 rings (SSSR count).